The van der Waals surface area contributed by atoms with E-state index in [1.54, 1.807) is 0 Å². The van der Waals surface area contributed by atoms with Gasteiger partial charge in [0, 0.05) is 17.3 Å². The van der Waals surface area contributed by atoms with Crippen LogP contribution in [0.15, 0.2) is 47.3 Å². The molecule has 3 aromatic rings. The highest BCUT2D eigenvalue weighted by atomic mass is 19.4. The molecule has 0 fully saturated rings. The number of rotatable bonds is 4. The molecule has 3 rings (SSSR count). The second kappa shape index (κ2) is 8.96. The van der Waals surface area contributed by atoms with E-state index in [4.69, 9.17) is 0 Å². The number of nitrogens with zero attached hydrogens (tertiary/aromatic N) is 2. The van der Waals surface area contributed by atoms with Crippen molar-refractivity contribution in [3.05, 3.63) is 80.6 Å². The summed E-state index contributed by atoms with van der Waals surface area (Å²) in [4.78, 5) is 24.6. The van der Waals surface area contributed by atoms with Crippen molar-refractivity contribution in [3.8, 4) is 11.3 Å². The van der Waals surface area contributed by atoms with Crippen LogP contribution in [0, 0.1) is 20.8 Å². The summed E-state index contributed by atoms with van der Waals surface area (Å²) in [6.45, 7) is 4.96. The number of aromatic nitrogens is 2. The third-order valence-corrected chi connectivity index (χ3v) is 5.15. The van der Waals surface area contributed by atoms with Gasteiger partial charge in [0.2, 0.25) is 5.91 Å². The summed E-state index contributed by atoms with van der Waals surface area (Å²) in [5.74, 6) is -1.02. The third kappa shape index (κ3) is 5.64. The molecule has 11 heteroatoms. The lowest BCUT2D eigenvalue weighted by atomic mass is 9.99. The maximum absolute atomic E-state index is 13.0. The highest BCUT2D eigenvalue weighted by Crippen LogP contribution is 2.37. The highest BCUT2D eigenvalue weighted by Gasteiger charge is 2.37. The van der Waals surface area contributed by atoms with Crippen molar-refractivity contribution < 1.29 is 31.1 Å². The van der Waals surface area contributed by atoms with Gasteiger partial charge in [-0.1, -0.05) is 6.07 Å². The van der Waals surface area contributed by atoms with Gasteiger partial charge in [0.25, 0.3) is 5.56 Å². The number of hydrogen-bond donors (Lipinski definition) is 1. The van der Waals surface area contributed by atoms with E-state index < -0.39 is 47.2 Å². The molecule has 34 heavy (non-hydrogen) atoms. The van der Waals surface area contributed by atoms with Crippen molar-refractivity contribution in [2.45, 2.75) is 39.7 Å². The lowest BCUT2D eigenvalue weighted by Crippen LogP contribution is -2.29. The predicted octanol–water partition coefficient (Wildman–Crippen LogP) is 5.51. The lowest BCUT2D eigenvalue weighted by Gasteiger charge is -2.15. The average Bonchev–Trinajstić information content (AvgIpc) is 2.71. The number of alkyl halides is 6. The van der Waals surface area contributed by atoms with Gasteiger partial charge in [-0.2, -0.15) is 31.4 Å². The van der Waals surface area contributed by atoms with Crippen LogP contribution in [0.2, 0.25) is 0 Å². The van der Waals surface area contributed by atoms with Gasteiger partial charge in [-0.15, -0.1) is 0 Å². The Bertz CT molecular complexity index is 1280. The molecular weight excluding hydrogens is 464 g/mol. The van der Waals surface area contributed by atoms with Gasteiger partial charge in [0.1, 0.15) is 6.54 Å². The fourth-order valence-corrected chi connectivity index (χ4v) is 3.31. The zero-order valence-electron chi connectivity index (χ0n) is 18.2. The number of nitrogens with one attached hydrogen (secondary N) is 1. The summed E-state index contributed by atoms with van der Waals surface area (Å²) >= 11 is 0. The molecule has 1 heterocycles. The average molecular weight is 483 g/mol. The molecule has 0 atom stereocenters. The first-order valence-corrected chi connectivity index (χ1v) is 9.91. The quantitative estimate of drug-likeness (QED) is 0.498. The molecule has 0 spiro atoms. The molecule has 0 bridgehead atoms. The minimum atomic E-state index is -5.06. The zero-order valence-corrected chi connectivity index (χ0v) is 18.2. The molecule has 0 aliphatic rings. The van der Waals surface area contributed by atoms with Crippen LogP contribution < -0.4 is 10.9 Å². The molecule has 0 aliphatic carbocycles. The number of aryl methyl sites for hydroxylation is 3. The van der Waals surface area contributed by atoms with Crippen molar-refractivity contribution in [1.29, 1.82) is 0 Å². The monoisotopic (exact) mass is 483 g/mol. The molecule has 0 aliphatic heterocycles. The van der Waals surface area contributed by atoms with Gasteiger partial charge in [0.05, 0.1) is 16.8 Å². The number of hydrogen-bond acceptors (Lipinski definition) is 3. The Labute approximate surface area is 190 Å². The Morgan fingerprint density at radius 2 is 1.41 bits per heavy atom. The number of halogens is 6. The van der Waals surface area contributed by atoms with Crippen molar-refractivity contribution in [2.75, 3.05) is 5.32 Å². The van der Waals surface area contributed by atoms with Crippen LogP contribution in [-0.4, -0.2) is 15.7 Å². The van der Waals surface area contributed by atoms with Gasteiger partial charge in [0.15, 0.2) is 0 Å². The summed E-state index contributed by atoms with van der Waals surface area (Å²) < 4.78 is 79.0. The van der Waals surface area contributed by atoms with Crippen molar-refractivity contribution in [1.82, 2.24) is 9.78 Å². The lowest BCUT2D eigenvalue weighted by molar-refractivity contribution is -0.143. The van der Waals surface area contributed by atoms with Crippen LogP contribution in [0.25, 0.3) is 11.3 Å². The molecule has 0 radical (unpaired) electrons. The molecular formula is C23H19F6N3O2. The van der Waals surface area contributed by atoms with Gasteiger partial charge in [-0.25, -0.2) is 4.68 Å². The molecule has 180 valence electrons. The van der Waals surface area contributed by atoms with Crippen molar-refractivity contribution >= 4 is 11.6 Å². The standard InChI is InChI=1S/C23H19F6N3O2/c1-12-6-14(3)18(7-13(12)2)19-4-5-21(34)32(31-19)11-20(33)30-17-9-15(22(24,25)26)8-16(10-17)23(27,28)29/h4-10H,11H2,1-3H3,(H,30,33). The molecule has 0 unspecified atom stereocenters. The molecule has 0 saturated carbocycles. The predicted molar refractivity (Wildman–Crippen MR) is 113 cm³/mol. The van der Waals surface area contributed by atoms with E-state index in [1.807, 2.05) is 38.2 Å². The molecule has 1 N–H and O–H groups in total. The largest absolute Gasteiger partial charge is 0.416 e. The van der Waals surface area contributed by atoms with Crippen LogP contribution in [0.3, 0.4) is 0 Å². The van der Waals surface area contributed by atoms with E-state index >= 15 is 0 Å². The zero-order chi connectivity index (χ0) is 25.4. The summed E-state index contributed by atoms with van der Waals surface area (Å²) in [6, 6.07) is 7.17. The number of carbonyl (C=O) groups is 1. The van der Waals surface area contributed by atoms with Gasteiger partial charge >= 0.3 is 12.4 Å². The smallest absolute Gasteiger partial charge is 0.324 e. The normalized spacial score (nSPS) is 12.0. The Morgan fingerprint density at radius 1 is 0.853 bits per heavy atom. The molecule has 1 aromatic heterocycles. The first kappa shape index (κ1) is 25.0. The maximum atomic E-state index is 13.0. The molecule has 2 aromatic carbocycles. The summed E-state index contributed by atoms with van der Waals surface area (Å²) in [7, 11) is 0. The second-order valence-electron chi connectivity index (χ2n) is 7.81. The van der Waals surface area contributed by atoms with Crippen LogP contribution in [0.5, 0.6) is 0 Å². The minimum Gasteiger partial charge on any atom is -0.324 e. The molecule has 1 amide bonds. The fourth-order valence-electron chi connectivity index (χ4n) is 3.31. The van der Waals surface area contributed by atoms with E-state index in [1.165, 1.54) is 12.1 Å². The summed E-state index contributed by atoms with van der Waals surface area (Å²) in [6.07, 6.45) is -10.1. The summed E-state index contributed by atoms with van der Waals surface area (Å²) in [5.41, 5.74) is -0.525. The SMILES string of the molecule is Cc1cc(C)c(-c2ccc(=O)n(CC(=O)Nc3cc(C(F)(F)F)cc(C(F)(F)F)c3)n2)cc1C. The van der Waals surface area contributed by atoms with Crippen LogP contribution >= 0.6 is 0 Å². The summed E-state index contributed by atoms with van der Waals surface area (Å²) in [5, 5.41) is 6.14. The van der Waals surface area contributed by atoms with Crippen LogP contribution in [0.1, 0.15) is 27.8 Å². The number of benzene rings is 2. The number of anilines is 1. The van der Waals surface area contributed by atoms with E-state index in [-0.39, 0.29) is 6.07 Å². The third-order valence-electron chi connectivity index (χ3n) is 5.15. The Hall–Kier alpha value is -3.63. The Kier molecular flexibility index (Phi) is 6.59. The maximum Gasteiger partial charge on any atom is 0.416 e. The Balaban J connectivity index is 1.91. The second-order valence-corrected chi connectivity index (χ2v) is 7.81. The van der Waals surface area contributed by atoms with Gasteiger partial charge in [-0.05, 0) is 67.8 Å². The molecule has 0 saturated heterocycles. The van der Waals surface area contributed by atoms with Gasteiger partial charge in [-0.3, -0.25) is 9.59 Å². The fraction of sp³-hybridized carbons (Fsp3) is 0.261. The van der Waals surface area contributed by atoms with E-state index in [0.29, 0.717) is 23.4 Å². The topological polar surface area (TPSA) is 64.0 Å². The van der Waals surface area contributed by atoms with Gasteiger partial charge < -0.3 is 5.32 Å². The van der Waals surface area contributed by atoms with Crippen molar-refractivity contribution in [3.63, 3.8) is 0 Å². The minimum absolute atomic E-state index is 0.0446. The van der Waals surface area contributed by atoms with Crippen LogP contribution in [-0.2, 0) is 23.7 Å². The number of amides is 1. The van der Waals surface area contributed by atoms with Crippen LogP contribution in [0.4, 0.5) is 32.0 Å². The van der Waals surface area contributed by atoms with E-state index in [2.05, 4.69) is 5.10 Å². The highest BCUT2D eigenvalue weighted by molar-refractivity contribution is 5.90. The first-order valence-electron chi connectivity index (χ1n) is 9.91. The van der Waals surface area contributed by atoms with E-state index in [9.17, 15) is 35.9 Å². The number of carbonyl (C=O) groups excluding carboxylic acids is 1. The van der Waals surface area contributed by atoms with Crippen molar-refractivity contribution in [2.24, 2.45) is 0 Å². The molecule has 5 nitrogen and oxygen atoms in total. The first-order chi connectivity index (χ1) is 15.6. The van der Waals surface area contributed by atoms with E-state index in [0.717, 1.165) is 21.4 Å². The Morgan fingerprint density at radius 3 is 1.97 bits per heavy atom.